The van der Waals surface area contributed by atoms with Crippen LogP contribution in [0.1, 0.15) is 17.2 Å². The van der Waals surface area contributed by atoms with Crippen LogP contribution in [0.15, 0.2) is 46.0 Å². The van der Waals surface area contributed by atoms with Crippen LogP contribution in [-0.2, 0) is 10.0 Å². The molecule has 3 nitrogen and oxygen atoms in total. The first kappa shape index (κ1) is 17.1. The molecule has 2 aromatic rings. The number of halogens is 3. The number of hydrogen-bond acceptors (Lipinski definition) is 3. The van der Waals surface area contributed by atoms with Gasteiger partial charge in [-0.15, -0.1) is 11.3 Å². The minimum absolute atomic E-state index is 0.175. The van der Waals surface area contributed by atoms with Crippen molar-refractivity contribution in [3.63, 3.8) is 0 Å². The van der Waals surface area contributed by atoms with Gasteiger partial charge in [0.25, 0.3) is 10.0 Å². The van der Waals surface area contributed by atoms with Crippen molar-refractivity contribution in [2.75, 3.05) is 0 Å². The number of nitrogens with one attached hydrogen (secondary N) is 1. The highest BCUT2D eigenvalue weighted by Crippen LogP contribution is 2.40. The lowest BCUT2D eigenvalue weighted by Crippen LogP contribution is -2.36. The molecule has 1 unspecified atom stereocenters. The van der Waals surface area contributed by atoms with Crippen molar-refractivity contribution in [1.29, 1.82) is 0 Å². The zero-order valence-electron chi connectivity index (χ0n) is 10.9. The van der Waals surface area contributed by atoms with Gasteiger partial charge in [-0.2, -0.15) is 4.72 Å². The van der Waals surface area contributed by atoms with E-state index in [0.717, 1.165) is 16.9 Å². The van der Waals surface area contributed by atoms with Crippen molar-refractivity contribution in [1.82, 2.24) is 4.72 Å². The number of thiophene rings is 1. The lowest BCUT2D eigenvalue weighted by Gasteiger charge is -2.25. The van der Waals surface area contributed by atoms with E-state index >= 15 is 0 Å². The van der Waals surface area contributed by atoms with Gasteiger partial charge in [-0.1, -0.05) is 70.7 Å². The number of alkyl halides is 3. The molecule has 0 spiro atoms. The summed E-state index contributed by atoms with van der Waals surface area (Å²) in [6.45, 7) is 1.92. The summed E-state index contributed by atoms with van der Waals surface area (Å²) in [7, 11) is -3.74. The van der Waals surface area contributed by atoms with Gasteiger partial charge in [-0.25, -0.2) is 8.42 Å². The lowest BCUT2D eigenvalue weighted by atomic mass is 10.1. The fourth-order valence-electron chi connectivity index (χ4n) is 1.71. The molecule has 1 N–H and O–H groups in total. The van der Waals surface area contributed by atoms with Crippen molar-refractivity contribution in [3.05, 3.63) is 52.9 Å². The number of benzene rings is 1. The quantitative estimate of drug-likeness (QED) is 0.792. The highest BCUT2D eigenvalue weighted by atomic mass is 35.6. The Bertz CT molecular complexity index is 692. The molecule has 1 atom stereocenters. The molecule has 0 aliphatic carbocycles. The zero-order valence-corrected chi connectivity index (χ0v) is 14.8. The number of rotatable bonds is 4. The van der Waals surface area contributed by atoms with Gasteiger partial charge in [0.1, 0.15) is 4.21 Å². The Morgan fingerprint density at radius 1 is 1.14 bits per heavy atom. The molecule has 114 valence electrons. The van der Waals surface area contributed by atoms with E-state index in [1.165, 1.54) is 6.07 Å². The molecule has 1 heterocycles. The molecular weight excluding hydrogens is 373 g/mol. The topological polar surface area (TPSA) is 46.2 Å². The summed E-state index contributed by atoms with van der Waals surface area (Å²) in [5.74, 6) is 0. The average Bonchev–Trinajstić information content (AvgIpc) is 2.90. The van der Waals surface area contributed by atoms with Gasteiger partial charge in [0.05, 0.1) is 6.04 Å². The number of hydrogen-bond donors (Lipinski definition) is 1. The van der Waals surface area contributed by atoms with Crippen LogP contribution in [0.25, 0.3) is 0 Å². The molecule has 0 amide bonds. The fraction of sp³-hybridized carbons (Fsp3) is 0.231. The maximum Gasteiger partial charge on any atom is 0.250 e. The van der Waals surface area contributed by atoms with E-state index in [1.54, 1.807) is 23.6 Å². The molecule has 0 radical (unpaired) electrons. The molecule has 0 aliphatic heterocycles. The Morgan fingerprint density at radius 2 is 1.76 bits per heavy atom. The van der Waals surface area contributed by atoms with Crippen molar-refractivity contribution >= 4 is 56.2 Å². The third kappa shape index (κ3) is 4.34. The first-order chi connectivity index (χ1) is 9.70. The molecule has 1 aromatic heterocycles. The second-order valence-electron chi connectivity index (χ2n) is 4.44. The minimum Gasteiger partial charge on any atom is -0.206 e. The van der Waals surface area contributed by atoms with Gasteiger partial charge in [-0.05, 0) is 23.9 Å². The summed E-state index contributed by atoms with van der Waals surface area (Å²) in [4.78, 5) is 0. The molecule has 1 aromatic carbocycles. The van der Waals surface area contributed by atoms with Crippen molar-refractivity contribution in [2.45, 2.75) is 21.0 Å². The second-order valence-corrected chi connectivity index (χ2v) is 9.70. The highest BCUT2D eigenvalue weighted by Gasteiger charge is 2.37. The number of aryl methyl sites for hydroxylation is 1. The molecule has 21 heavy (non-hydrogen) atoms. The summed E-state index contributed by atoms with van der Waals surface area (Å²) in [6.07, 6.45) is 0. The van der Waals surface area contributed by atoms with E-state index in [2.05, 4.69) is 4.72 Å². The highest BCUT2D eigenvalue weighted by molar-refractivity contribution is 7.91. The van der Waals surface area contributed by atoms with Crippen LogP contribution in [0.3, 0.4) is 0 Å². The van der Waals surface area contributed by atoms with Crippen LogP contribution in [0.5, 0.6) is 0 Å². The molecule has 0 bridgehead atoms. The summed E-state index contributed by atoms with van der Waals surface area (Å²) in [6, 6.07) is 9.30. The Balaban J connectivity index is 2.37. The van der Waals surface area contributed by atoms with Crippen LogP contribution in [0, 0.1) is 6.92 Å². The molecule has 0 fully saturated rings. The van der Waals surface area contributed by atoms with Crippen LogP contribution in [-0.4, -0.2) is 12.2 Å². The van der Waals surface area contributed by atoms with E-state index in [1.807, 2.05) is 19.1 Å². The van der Waals surface area contributed by atoms with Gasteiger partial charge < -0.3 is 0 Å². The molecule has 0 saturated heterocycles. The summed E-state index contributed by atoms with van der Waals surface area (Å²) >= 11 is 18.9. The smallest absolute Gasteiger partial charge is 0.206 e. The molecule has 2 rings (SSSR count). The minimum atomic E-state index is -3.74. The predicted molar refractivity (Wildman–Crippen MR) is 88.9 cm³/mol. The molecule has 0 saturated carbocycles. The Hall–Kier alpha value is -0.300. The SMILES string of the molecule is Cc1ccc(C(NS(=O)(=O)c2cccs2)C(Cl)(Cl)Cl)cc1. The molecular formula is C13H12Cl3NO2S2. The van der Waals surface area contributed by atoms with Gasteiger partial charge in [0.2, 0.25) is 3.79 Å². The summed E-state index contributed by atoms with van der Waals surface area (Å²) in [5.41, 5.74) is 1.61. The van der Waals surface area contributed by atoms with Gasteiger partial charge in [0, 0.05) is 0 Å². The Labute approximate surface area is 142 Å². The largest absolute Gasteiger partial charge is 0.250 e. The Kier molecular flexibility index (Phi) is 5.23. The van der Waals surface area contributed by atoms with Crippen molar-refractivity contribution < 1.29 is 8.42 Å². The van der Waals surface area contributed by atoms with Crippen molar-refractivity contribution in [3.8, 4) is 0 Å². The van der Waals surface area contributed by atoms with E-state index in [-0.39, 0.29) is 4.21 Å². The zero-order chi connectivity index (χ0) is 15.7. The van der Waals surface area contributed by atoms with E-state index in [9.17, 15) is 8.42 Å². The summed E-state index contributed by atoms with van der Waals surface area (Å²) < 4.78 is 25.5. The van der Waals surface area contributed by atoms with E-state index in [0.29, 0.717) is 5.56 Å². The monoisotopic (exact) mass is 383 g/mol. The van der Waals surface area contributed by atoms with Gasteiger partial charge in [-0.3, -0.25) is 0 Å². The van der Waals surface area contributed by atoms with Crippen LogP contribution >= 0.6 is 46.1 Å². The van der Waals surface area contributed by atoms with Crippen LogP contribution in [0.2, 0.25) is 0 Å². The Morgan fingerprint density at radius 3 is 2.24 bits per heavy atom. The third-order valence-corrected chi connectivity index (χ3v) is 6.25. The molecule has 8 heteroatoms. The maximum atomic E-state index is 12.3. The molecule has 0 aliphatic rings. The van der Waals surface area contributed by atoms with Gasteiger partial charge >= 0.3 is 0 Å². The first-order valence-electron chi connectivity index (χ1n) is 5.89. The normalized spacial score (nSPS) is 14.1. The average molecular weight is 385 g/mol. The summed E-state index contributed by atoms with van der Waals surface area (Å²) in [5, 5.41) is 1.67. The fourth-order valence-corrected chi connectivity index (χ4v) is 4.71. The first-order valence-corrected chi connectivity index (χ1v) is 9.39. The van der Waals surface area contributed by atoms with Crippen LogP contribution < -0.4 is 4.72 Å². The van der Waals surface area contributed by atoms with E-state index in [4.69, 9.17) is 34.8 Å². The number of sulfonamides is 1. The third-order valence-electron chi connectivity index (χ3n) is 2.77. The second kappa shape index (κ2) is 6.44. The van der Waals surface area contributed by atoms with Gasteiger partial charge in [0.15, 0.2) is 0 Å². The van der Waals surface area contributed by atoms with E-state index < -0.39 is 19.9 Å². The lowest BCUT2D eigenvalue weighted by molar-refractivity contribution is 0.560. The predicted octanol–water partition coefficient (Wildman–Crippen LogP) is 4.45. The standard InChI is InChI=1S/C13H12Cl3NO2S2/c1-9-4-6-10(7-5-9)12(13(14,15)16)17-21(18,19)11-3-2-8-20-11/h2-8,12,17H,1H3. The van der Waals surface area contributed by atoms with Crippen molar-refractivity contribution in [2.24, 2.45) is 0 Å². The van der Waals surface area contributed by atoms with Crippen LogP contribution in [0.4, 0.5) is 0 Å². The maximum absolute atomic E-state index is 12.3.